The van der Waals surface area contributed by atoms with Gasteiger partial charge in [-0.05, 0) is 13.8 Å². The fourth-order valence-corrected chi connectivity index (χ4v) is 3.18. The van der Waals surface area contributed by atoms with E-state index in [4.69, 9.17) is 9.51 Å². The molecular weight excluding hydrogens is 298 g/mol. The van der Waals surface area contributed by atoms with Crippen molar-refractivity contribution in [3.05, 3.63) is 28.1 Å². The van der Waals surface area contributed by atoms with E-state index in [-0.39, 0.29) is 11.5 Å². The summed E-state index contributed by atoms with van der Waals surface area (Å²) < 4.78 is 5.17. The van der Waals surface area contributed by atoms with Gasteiger partial charge in [0.1, 0.15) is 22.5 Å². The van der Waals surface area contributed by atoms with Crippen LogP contribution in [0.2, 0.25) is 0 Å². The van der Waals surface area contributed by atoms with Gasteiger partial charge in [0, 0.05) is 10.8 Å². The van der Waals surface area contributed by atoms with Crippen LogP contribution < -0.4 is 5.32 Å². The number of aryl methyl sites for hydroxylation is 1. The first-order valence-electron chi connectivity index (χ1n) is 7.15. The lowest BCUT2D eigenvalue weighted by atomic mass is 9.93. The van der Waals surface area contributed by atoms with Crippen LogP contribution in [0.1, 0.15) is 50.1 Å². The van der Waals surface area contributed by atoms with Crippen LogP contribution in [0.15, 0.2) is 16.2 Å². The van der Waals surface area contributed by atoms with Crippen molar-refractivity contribution in [2.24, 2.45) is 0 Å². The van der Waals surface area contributed by atoms with Gasteiger partial charge in [-0.2, -0.15) is 4.98 Å². The Hall–Kier alpha value is -2.02. The van der Waals surface area contributed by atoms with E-state index >= 15 is 0 Å². The Morgan fingerprint density at radius 2 is 2.05 bits per heavy atom. The Balaban J connectivity index is 1.88. The number of nitrogens with zero attached hydrogens (tertiary/aromatic N) is 4. The standard InChI is InChI=1S/C15H19N5OS/c1-8-11-12(16-7-17-13(11)21-20-8)18-9(2)14-19-10(6-22-14)15(3,4)5/h6-7,9H,1-5H3,(H,16,17,18). The van der Waals surface area contributed by atoms with Gasteiger partial charge in [0.15, 0.2) is 0 Å². The van der Waals surface area contributed by atoms with E-state index < -0.39 is 0 Å². The third-order valence-electron chi connectivity index (χ3n) is 3.46. The second-order valence-corrected chi connectivity index (χ2v) is 7.25. The summed E-state index contributed by atoms with van der Waals surface area (Å²) in [6.07, 6.45) is 1.48. The number of aromatic nitrogens is 4. The van der Waals surface area contributed by atoms with E-state index in [0.717, 1.165) is 27.6 Å². The zero-order chi connectivity index (χ0) is 15.9. The number of rotatable bonds is 3. The minimum atomic E-state index is 0.0495. The van der Waals surface area contributed by atoms with E-state index in [1.165, 1.54) is 6.33 Å². The van der Waals surface area contributed by atoms with Crippen LogP contribution in [0.3, 0.4) is 0 Å². The fraction of sp³-hybridized carbons (Fsp3) is 0.467. The molecule has 1 atom stereocenters. The summed E-state index contributed by atoms with van der Waals surface area (Å²) in [5.41, 5.74) is 2.44. The molecule has 0 saturated carbocycles. The fourth-order valence-electron chi connectivity index (χ4n) is 2.13. The van der Waals surface area contributed by atoms with Gasteiger partial charge in [0.05, 0.1) is 17.4 Å². The second-order valence-electron chi connectivity index (χ2n) is 6.36. The lowest BCUT2D eigenvalue weighted by molar-refractivity contribution is 0.442. The number of fused-ring (bicyclic) bond motifs is 1. The molecule has 0 aromatic carbocycles. The molecule has 6 nitrogen and oxygen atoms in total. The first-order chi connectivity index (χ1) is 10.4. The molecule has 0 spiro atoms. The molecule has 0 fully saturated rings. The van der Waals surface area contributed by atoms with Gasteiger partial charge in [-0.25, -0.2) is 9.97 Å². The average molecular weight is 317 g/mol. The van der Waals surface area contributed by atoms with E-state index in [1.807, 2.05) is 6.92 Å². The molecule has 0 aliphatic heterocycles. The summed E-state index contributed by atoms with van der Waals surface area (Å²) in [7, 11) is 0. The molecule has 1 unspecified atom stereocenters. The number of thiazole rings is 1. The molecule has 7 heteroatoms. The lowest BCUT2D eigenvalue weighted by Gasteiger charge is -2.15. The largest absolute Gasteiger partial charge is 0.360 e. The highest BCUT2D eigenvalue weighted by Crippen LogP contribution is 2.30. The molecule has 0 aliphatic rings. The maximum atomic E-state index is 5.17. The maximum Gasteiger partial charge on any atom is 0.263 e. The predicted molar refractivity (Wildman–Crippen MR) is 87.2 cm³/mol. The minimum absolute atomic E-state index is 0.0495. The van der Waals surface area contributed by atoms with Crippen molar-refractivity contribution in [1.29, 1.82) is 0 Å². The van der Waals surface area contributed by atoms with Gasteiger partial charge >= 0.3 is 0 Å². The Morgan fingerprint density at radius 1 is 1.27 bits per heavy atom. The minimum Gasteiger partial charge on any atom is -0.360 e. The van der Waals surface area contributed by atoms with Gasteiger partial charge in [-0.1, -0.05) is 25.9 Å². The van der Waals surface area contributed by atoms with Crippen LogP contribution in [-0.2, 0) is 5.41 Å². The molecule has 3 heterocycles. The normalized spacial score (nSPS) is 13.5. The number of hydrogen-bond acceptors (Lipinski definition) is 7. The van der Waals surface area contributed by atoms with Crippen molar-refractivity contribution in [3.63, 3.8) is 0 Å². The summed E-state index contributed by atoms with van der Waals surface area (Å²) in [4.78, 5) is 13.1. The van der Waals surface area contributed by atoms with Gasteiger partial charge in [0.25, 0.3) is 5.71 Å². The number of hydrogen-bond donors (Lipinski definition) is 1. The van der Waals surface area contributed by atoms with Gasteiger partial charge in [-0.15, -0.1) is 11.3 Å². The van der Waals surface area contributed by atoms with Crippen molar-refractivity contribution < 1.29 is 4.52 Å². The first-order valence-corrected chi connectivity index (χ1v) is 8.03. The van der Waals surface area contributed by atoms with Crippen LogP contribution in [0, 0.1) is 6.92 Å². The maximum absolute atomic E-state index is 5.17. The van der Waals surface area contributed by atoms with E-state index in [2.05, 4.69) is 53.5 Å². The van der Waals surface area contributed by atoms with Crippen LogP contribution in [0.4, 0.5) is 5.82 Å². The summed E-state index contributed by atoms with van der Waals surface area (Å²) >= 11 is 1.66. The van der Waals surface area contributed by atoms with Gasteiger partial charge in [0.2, 0.25) is 0 Å². The Labute approximate surface area is 133 Å². The van der Waals surface area contributed by atoms with E-state index in [1.54, 1.807) is 11.3 Å². The van der Waals surface area contributed by atoms with Crippen molar-refractivity contribution in [2.75, 3.05) is 5.32 Å². The molecule has 3 aromatic heterocycles. The monoisotopic (exact) mass is 317 g/mol. The van der Waals surface area contributed by atoms with Crippen LogP contribution in [0.25, 0.3) is 11.1 Å². The topological polar surface area (TPSA) is 76.7 Å². The summed E-state index contributed by atoms with van der Waals surface area (Å²) in [6, 6.07) is 0.0495. The summed E-state index contributed by atoms with van der Waals surface area (Å²) in [5, 5.41) is 11.3. The Bertz CT molecular complexity index is 802. The number of nitrogens with one attached hydrogen (secondary N) is 1. The van der Waals surface area contributed by atoms with Crippen molar-refractivity contribution in [2.45, 2.75) is 46.1 Å². The molecular formula is C15H19N5OS. The molecule has 3 aromatic rings. The molecule has 0 amide bonds. The number of anilines is 1. The Kier molecular flexibility index (Phi) is 3.60. The van der Waals surface area contributed by atoms with Crippen LogP contribution in [0.5, 0.6) is 0 Å². The highest BCUT2D eigenvalue weighted by Gasteiger charge is 2.20. The first kappa shape index (κ1) is 14.9. The Morgan fingerprint density at radius 3 is 2.73 bits per heavy atom. The molecule has 22 heavy (non-hydrogen) atoms. The molecule has 1 N–H and O–H groups in total. The lowest BCUT2D eigenvalue weighted by Crippen LogP contribution is -2.13. The molecule has 116 valence electrons. The summed E-state index contributed by atoms with van der Waals surface area (Å²) in [5.74, 6) is 0.726. The molecule has 3 rings (SSSR count). The van der Waals surface area contributed by atoms with E-state index in [0.29, 0.717) is 5.71 Å². The average Bonchev–Trinajstić information content (AvgIpc) is 3.06. The molecule has 0 radical (unpaired) electrons. The van der Waals surface area contributed by atoms with Crippen molar-refractivity contribution in [3.8, 4) is 0 Å². The van der Waals surface area contributed by atoms with Gasteiger partial charge < -0.3 is 9.84 Å². The zero-order valence-electron chi connectivity index (χ0n) is 13.3. The van der Waals surface area contributed by atoms with Crippen molar-refractivity contribution in [1.82, 2.24) is 20.1 Å². The zero-order valence-corrected chi connectivity index (χ0v) is 14.2. The molecule has 0 saturated heterocycles. The third kappa shape index (κ3) is 2.68. The molecule has 0 aliphatic carbocycles. The summed E-state index contributed by atoms with van der Waals surface area (Å²) in [6.45, 7) is 10.4. The predicted octanol–water partition coefficient (Wildman–Crippen LogP) is 3.85. The second kappa shape index (κ2) is 5.31. The van der Waals surface area contributed by atoms with Gasteiger partial charge in [-0.3, -0.25) is 0 Å². The molecule has 0 bridgehead atoms. The van der Waals surface area contributed by atoms with E-state index in [9.17, 15) is 0 Å². The quantitative estimate of drug-likeness (QED) is 0.790. The third-order valence-corrected chi connectivity index (χ3v) is 4.48. The smallest absolute Gasteiger partial charge is 0.263 e. The highest BCUT2D eigenvalue weighted by atomic mass is 32.1. The highest BCUT2D eigenvalue weighted by molar-refractivity contribution is 7.09. The van der Waals surface area contributed by atoms with Crippen LogP contribution >= 0.6 is 11.3 Å². The van der Waals surface area contributed by atoms with Crippen molar-refractivity contribution >= 4 is 28.3 Å². The van der Waals surface area contributed by atoms with Crippen LogP contribution in [-0.4, -0.2) is 20.1 Å². The SMILES string of the molecule is Cc1noc2ncnc(NC(C)c3nc(C(C)(C)C)cs3)c12.